The molecule has 1 saturated carbocycles. The van der Waals surface area contributed by atoms with Crippen molar-refractivity contribution < 1.29 is 9.18 Å². The molecule has 0 radical (unpaired) electrons. The Hall–Kier alpha value is -1.13. The molecular formula is C13H16ClFN2O. The van der Waals surface area contributed by atoms with Crippen LogP contribution in [0.1, 0.15) is 24.8 Å². The summed E-state index contributed by atoms with van der Waals surface area (Å²) >= 11 is 5.67. The van der Waals surface area contributed by atoms with Crippen LogP contribution in [0, 0.1) is 11.7 Å². The summed E-state index contributed by atoms with van der Waals surface area (Å²) in [5.74, 6) is -0.423. The maximum Gasteiger partial charge on any atom is 0.223 e. The number of rotatable bonds is 3. The van der Waals surface area contributed by atoms with Crippen LogP contribution in [-0.4, -0.2) is 11.9 Å². The van der Waals surface area contributed by atoms with Gasteiger partial charge in [0, 0.05) is 18.5 Å². The normalized spacial score (nSPS) is 23.1. The van der Waals surface area contributed by atoms with Gasteiger partial charge in [0.1, 0.15) is 5.82 Å². The van der Waals surface area contributed by atoms with Gasteiger partial charge in [0.15, 0.2) is 0 Å². The minimum Gasteiger partial charge on any atom is -0.352 e. The molecule has 5 heteroatoms. The molecule has 1 fully saturated rings. The summed E-state index contributed by atoms with van der Waals surface area (Å²) < 4.78 is 13.0. The molecule has 0 heterocycles. The number of benzene rings is 1. The molecule has 1 amide bonds. The van der Waals surface area contributed by atoms with Gasteiger partial charge in [0.05, 0.1) is 5.02 Å². The van der Waals surface area contributed by atoms with Gasteiger partial charge in [-0.25, -0.2) is 4.39 Å². The Morgan fingerprint density at radius 3 is 2.89 bits per heavy atom. The van der Waals surface area contributed by atoms with Gasteiger partial charge in [-0.15, -0.1) is 0 Å². The Balaban J connectivity index is 1.87. The van der Waals surface area contributed by atoms with E-state index < -0.39 is 5.82 Å². The van der Waals surface area contributed by atoms with Gasteiger partial charge >= 0.3 is 0 Å². The minimum absolute atomic E-state index is 0.0101. The summed E-state index contributed by atoms with van der Waals surface area (Å²) in [7, 11) is 0. The summed E-state index contributed by atoms with van der Waals surface area (Å²) in [5, 5.41) is 2.91. The lowest BCUT2D eigenvalue weighted by molar-refractivity contribution is -0.125. The highest BCUT2D eigenvalue weighted by atomic mass is 35.5. The summed E-state index contributed by atoms with van der Waals surface area (Å²) in [5.41, 5.74) is 6.56. The monoisotopic (exact) mass is 270 g/mol. The van der Waals surface area contributed by atoms with Crippen LogP contribution in [0.3, 0.4) is 0 Å². The lowest BCUT2D eigenvalue weighted by Crippen LogP contribution is -2.30. The van der Waals surface area contributed by atoms with E-state index in [4.69, 9.17) is 17.3 Å². The number of amides is 1. The summed E-state index contributed by atoms with van der Waals surface area (Å²) in [4.78, 5) is 11.8. The van der Waals surface area contributed by atoms with Crippen molar-refractivity contribution in [1.29, 1.82) is 0 Å². The Morgan fingerprint density at radius 1 is 1.50 bits per heavy atom. The summed E-state index contributed by atoms with van der Waals surface area (Å²) in [6.45, 7) is 0.366. The van der Waals surface area contributed by atoms with E-state index >= 15 is 0 Å². The fourth-order valence-corrected chi connectivity index (χ4v) is 2.44. The SMILES string of the molecule is NC1CCC(C(=O)NCc2ccc(F)c(Cl)c2)C1. The van der Waals surface area contributed by atoms with Crippen LogP contribution >= 0.6 is 11.6 Å². The fourth-order valence-electron chi connectivity index (χ4n) is 2.24. The van der Waals surface area contributed by atoms with Crippen molar-refractivity contribution in [3.05, 3.63) is 34.6 Å². The zero-order chi connectivity index (χ0) is 13.1. The molecule has 2 unspecified atom stereocenters. The largest absolute Gasteiger partial charge is 0.352 e. The predicted octanol–water partition coefficient (Wildman–Crippen LogP) is 2.22. The average Bonchev–Trinajstić information content (AvgIpc) is 2.77. The third kappa shape index (κ3) is 3.21. The van der Waals surface area contributed by atoms with Crippen molar-refractivity contribution in [3.8, 4) is 0 Å². The minimum atomic E-state index is -0.450. The summed E-state index contributed by atoms with van der Waals surface area (Å²) in [6, 6.07) is 4.58. The molecule has 18 heavy (non-hydrogen) atoms. The van der Waals surface area contributed by atoms with Crippen molar-refractivity contribution in [2.45, 2.75) is 31.8 Å². The van der Waals surface area contributed by atoms with Crippen LogP contribution in [0.2, 0.25) is 5.02 Å². The Morgan fingerprint density at radius 2 is 2.28 bits per heavy atom. The number of halogens is 2. The van der Waals surface area contributed by atoms with Crippen LogP contribution in [-0.2, 0) is 11.3 Å². The van der Waals surface area contributed by atoms with Gasteiger partial charge in [-0.2, -0.15) is 0 Å². The van der Waals surface area contributed by atoms with E-state index in [9.17, 15) is 9.18 Å². The molecule has 0 bridgehead atoms. The van der Waals surface area contributed by atoms with E-state index in [0.29, 0.717) is 6.54 Å². The zero-order valence-corrected chi connectivity index (χ0v) is 10.7. The molecule has 1 aromatic carbocycles. The van der Waals surface area contributed by atoms with Crippen molar-refractivity contribution >= 4 is 17.5 Å². The van der Waals surface area contributed by atoms with Crippen molar-refractivity contribution in [1.82, 2.24) is 5.32 Å². The Bertz CT molecular complexity index is 453. The topological polar surface area (TPSA) is 55.1 Å². The molecule has 1 aliphatic rings. The molecule has 1 aromatic rings. The fraction of sp³-hybridized carbons (Fsp3) is 0.462. The molecule has 0 spiro atoms. The highest BCUT2D eigenvalue weighted by Crippen LogP contribution is 2.24. The molecule has 0 aliphatic heterocycles. The molecule has 3 nitrogen and oxygen atoms in total. The van der Waals surface area contributed by atoms with Crippen molar-refractivity contribution in [3.63, 3.8) is 0 Å². The van der Waals surface area contributed by atoms with Gasteiger partial charge in [-0.1, -0.05) is 17.7 Å². The first kappa shape index (κ1) is 13.3. The predicted molar refractivity (Wildman–Crippen MR) is 68.6 cm³/mol. The van der Waals surface area contributed by atoms with E-state index in [1.807, 2.05) is 0 Å². The van der Waals surface area contributed by atoms with E-state index in [2.05, 4.69) is 5.32 Å². The number of nitrogens with one attached hydrogen (secondary N) is 1. The molecular weight excluding hydrogens is 255 g/mol. The van der Waals surface area contributed by atoms with Crippen LogP contribution in [0.4, 0.5) is 4.39 Å². The Labute approximate surface area is 111 Å². The lowest BCUT2D eigenvalue weighted by Gasteiger charge is -2.11. The zero-order valence-electron chi connectivity index (χ0n) is 9.96. The van der Waals surface area contributed by atoms with Crippen molar-refractivity contribution in [2.75, 3.05) is 0 Å². The third-order valence-electron chi connectivity index (χ3n) is 3.29. The number of nitrogens with two attached hydrogens (primary N) is 1. The third-order valence-corrected chi connectivity index (χ3v) is 3.58. The standard InChI is InChI=1S/C13H16ClFN2O/c14-11-5-8(1-4-12(11)15)7-17-13(18)9-2-3-10(16)6-9/h1,4-5,9-10H,2-3,6-7,16H2,(H,17,18). The van der Waals surface area contributed by atoms with E-state index in [-0.39, 0.29) is 22.9 Å². The van der Waals surface area contributed by atoms with Crippen LogP contribution < -0.4 is 11.1 Å². The van der Waals surface area contributed by atoms with E-state index in [0.717, 1.165) is 24.8 Å². The molecule has 3 N–H and O–H groups in total. The first-order valence-electron chi connectivity index (χ1n) is 6.03. The molecule has 0 saturated heterocycles. The van der Waals surface area contributed by atoms with Crippen LogP contribution in [0.15, 0.2) is 18.2 Å². The highest BCUT2D eigenvalue weighted by Gasteiger charge is 2.27. The smallest absolute Gasteiger partial charge is 0.223 e. The molecule has 0 aromatic heterocycles. The van der Waals surface area contributed by atoms with Gasteiger partial charge in [-0.05, 0) is 37.0 Å². The second kappa shape index (κ2) is 5.67. The Kier molecular flexibility index (Phi) is 4.19. The quantitative estimate of drug-likeness (QED) is 0.885. The van der Waals surface area contributed by atoms with Gasteiger partial charge in [0.25, 0.3) is 0 Å². The van der Waals surface area contributed by atoms with E-state index in [1.165, 1.54) is 12.1 Å². The maximum atomic E-state index is 13.0. The first-order valence-corrected chi connectivity index (χ1v) is 6.41. The van der Waals surface area contributed by atoms with Gasteiger partial charge in [-0.3, -0.25) is 4.79 Å². The molecule has 1 aliphatic carbocycles. The molecule has 98 valence electrons. The lowest BCUT2D eigenvalue weighted by atomic mass is 10.1. The number of hydrogen-bond acceptors (Lipinski definition) is 2. The second-order valence-corrected chi connectivity index (χ2v) is 5.14. The summed E-state index contributed by atoms with van der Waals surface area (Å²) in [6.07, 6.45) is 2.49. The van der Waals surface area contributed by atoms with Crippen molar-refractivity contribution in [2.24, 2.45) is 11.7 Å². The highest BCUT2D eigenvalue weighted by molar-refractivity contribution is 6.30. The van der Waals surface area contributed by atoms with Gasteiger partial charge in [0.2, 0.25) is 5.91 Å². The average molecular weight is 271 g/mol. The number of hydrogen-bond donors (Lipinski definition) is 2. The van der Waals surface area contributed by atoms with Crippen LogP contribution in [0.25, 0.3) is 0 Å². The second-order valence-electron chi connectivity index (χ2n) is 4.74. The van der Waals surface area contributed by atoms with E-state index in [1.54, 1.807) is 6.07 Å². The first-order chi connectivity index (χ1) is 8.56. The van der Waals surface area contributed by atoms with Gasteiger partial charge < -0.3 is 11.1 Å². The number of carbonyl (C=O) groups excluding carboxylic acids is 1. The number of carbonyl (C=O) groups is 1. The molecule has 2 atom stereocenters. The maximum absolute atomic E-state index is 13.0. The van der Waals surface area contributed by atoms with Crippen LogP contribution in [0.5, 0.6) is 0 Å². The molecule has 2 rings (SSSR count).